The highest BCUT2D eigenvalue weighted by molar-refractivity contribution is 5.94. The van der Waals surface area contributed by atoms with E-state index < -0.39 is 0 Å². The first-order valence-electron chi connectivity index (χ1n) is 8.43. The maximum absolute atomic E-state index is 12.9. The van der Waals surface area contributed by atoms with Crippen molar-refractivity contribution in [1.29, 1.82) is 0 Å². The standard InChI is InChI=1S/C21H18N4O/c1-15-13-25-14-17(10-11-19(25)23-15)21(26)24-20(16-7-3-2-4-8-16)18-9-5-6-12-22-18/h2-14,20H,1H3,(H,24,26)/t20-/m1/s1. The van der Waals surface area contributed by atoms with Crippen LogP contribution in [-0.2, 0) is 0 Å². The third-order valence-corrected chi connectivity index (χ3v) is 4.23. The molecule has 0 saturated heterocycles. The molecule has 0 aliphatic carbocycles. The van der Waals surface area contributed by atoms with Gasteiger partial charge in [-0.1, -0.05) is 36.4 Å². The molecule has 3 aromatic heterocycles. The minimum Gasteiger partial charge on any atom is -0.339 e. The monoisotopic (exact) mass is 342 g/mol. The van der Waals surface area contributed by atoms with E-state index in [2.05, 4.69) is 15.3 Å². The van der Waals surface area contributed by atoms with Gasteiger partial charge in [0.2, 0.25) is 0 Å². The Labute approximate surface area is 151 Å². The van der Waals surface area contributed by atoms with Crippen LogP contribution in [0, 0.1) is 6.92 Å². The number of pyridine rings is 2. The van der Waals surface area contributed by atoms with Crippen LogP contribution < -0.4 is 5.32 Å². The number of carbonyl (C=O) groups excluding carboxylic acids is 1. The Morgan fingerprint density at radius 1 is 1.00 bits per heavy atom. The van der Waals surface area contributed by atoms with Gasteiger partial charge in [0.1, 0.15) is 5.65 Å². The first-order chi connectivity index (χ1) is 12.7. The highest BCUT2D eigenvalue weighted by atomic mass is 16.1. The zero-order chi connectivity index (χ0) is 17.9. The van der Waals surface area contributed by atoms with E-state index in [0.29, 0.717) is 5.56 Å². The van der Waals surface area contributed by atoms with E-state index in [4.69, 9.17) is 0 Å². The molecular weight excluding hydrogens is 324 g/mol. The SMILES string of the molecule is Cc1cn2cc(C(=O)N[C@H](c3ccccc3)c3ccccn3)ccc2n1. The molecule has 4 aromatic rings. The number of carbonyl (C=O) groups is 1. The molecule has 0 unspecified atom stereocenters. The normalized spacial score (nSPS) is 12.0. The van der Waals surface area contributed by atoms with Gasteiger partial charge in [0.05, 0.1) is 23.0 Å². The van der Waals surface area contributed by atoms with Crippen LogP contribution in [0.3, 0.4) is 0 Å². The fraction of sp³-hybridized carbons (Fsp3) is 0.0952. The zero-order valence-electron chi connectivity index (χ0n) is 14.3. The Kier molecular flexibility index (Phi) is 4.19. The van der Waals surface area contributed by atoms with Crippen LogP contribution in [0.1, 0.15) is 33.4 Å². The number of imidazole rings is 1. The lowest BCUT2D eigenvalue weighted by molar-refractivity contribution is 0.0942. The first-order valence-corrected chi connectivity index (χ1v) is 8.43. The van der Waals surface area contributed by atoms with E-state index in [-0.39, 0.29) is 11.9 Å². The second-order valence-corrected chi connectivity index (χ2v) is 6.14. The second kappa shape index (κ2) is 6.80. The Hall–Kier alpha value is -3.47. The molecule has 0 saturated carbocycles. The topological polar surface area (TPSA) is 59.3 Å². The van der Waals surface area contributed by atoms with E-state index in [9.17, 15) is 4.79 Å². The molecule has 0 radical (unpaired) electrons. The number of nitrogens with one attached hydrogen (secondary N) is 1. The fourth-order valence-corrected chi connectivity index (χ4v) is 2.99. The predicted molar refractivity (Wildman–Crippen MR) is 99.9 cm³/mol. The molecule has 26 heavy (non-hydrogen) atoms. The van der Waals surface area contributed by atoms with Gasteiger partial charge in [-0.2, -0.15) is 0 Å². The van der Waals surface area contributed by atoms with E-state index in [1.165, 1.54) is 0 Å². The molecule has 0 fully saturated rings. The van der Waals surface area contributed by atoms with Crippen molar-refractivity contribution < 1.29 is 4.79 Å². The predicted octanol–water partition coefficient (Wildman–Crippen LogP) is 3.56. The van der Waals surface area contributed by atoms with E-state index >= 15 is 0 Å². The van der Waals surface area contributed by atoms with Gasteiger partial charge < -0.3 is 9.72 Å². The van der Waals surface area contributed by atoms with Crippen molar-refractivity contribution in [2.24, 2.45) is 0 Å². The third kappa shape index (κ3) is 3.19. The molecule has 1 atom stereocenters. The van der Waals surface area contributed by atoms with Crippen LogP contribution in [0.5, 0.6) is 0 Å². The molecule has 128 valence electrons. The Bertz CT molecular complexity index is 1000. The summed E-state index contributed by atoms with van der Waals surface area (Å²) in [5.74, 6) is -0.155. The average Bonchev–Trinajstić information content (AvgIpc) is 3.06. The van der Waals surface area contributed by atoms with E-state index in [1.807, 2.05) is 72.1 Å². The quantitative estimate of drug-likeness (QED) is 0.617. The van der Waals surface area contributed by atoms with Crippen molar-refractivity contribution in [1.82, 2.24) is 19.7 Å². The van der Waals surface area contributed by atoms with Crippen molar-refractivity contribution >= 4 is 11.6 Å². The van der Waals surface area contributed by atoms with Gasteiger partial charge in [-0.15, -0.1) is 0 Å². The van der Waals surface area contributed by atoms with Crippen molar-refractivity contribution in [3.05, 3.63) is 102 Å². The molecule has 1 N–H and O–H groups in total. The Morgan fingerprint density at radius 2 is 1.81 bits per heavy atom. The van der Waals surface area contributed by atoms with Gasteiger partial charge >= 0.3 is 0 Å². The minimum atomic E-state index is -0.315. The summed E-state index contributed by atoms with van der Waals surface area (Å²) >= 11 is 0. The number of fused-ring (bicyclic) bond motifs is 1. The van der Waals surface area contributed by atoms with Crippen LogP contribution in [0.25, 0.3) is 5.65 Å². The smallest absolute Gasteiger partial charge is 0.253 e. The van der Waals surface area contributed by atoms with Crippen molar-refractivity contribution in [3.8, 4) is 0 Å². The number of amides is 1. The maximum Gasteiger partial charge on any atom is 0.253 e. The molecule has 0 bridgehead atoms. The number of rotatable bonds is 4. The highest BCUT2D eigenvalue weighted by Gasteiger charge is 2.19. The van der Waals surface area contributed by atoms with Gasteiger partial charge in [0, 0.05) is 18.6 Å². The second-order valence-electron chi connectivity index (χ2n) is 6.14. The number of hydrogen-bond acceptors (Lipinski definition) is 3. The molecule has 5 heteroatoms. The number of benzene rings is 1. The lowest BCUT2D eigenvalue weighted by atomic mass is 10.0. The number of nitrogens with zero attached hydrogens (tertiary/aromatic N) is 3. The van der Waals surface area contributed by atoms with Gasteiger partial charge in [0.25, 0.3) is 5.91 Å². The minimum absolute atomic E-state index is 0.155. The van der Waals surface area contributed by atoms with Crippen LogP contribution in [0.2, 0.25) is 0 Å². The summed E-state index contributed by atoms with van der Waals surface area (Å²) < 4.78 is 1.86. The molecular formula is C21H18N4O. The van der Waals surface area contributed by atoms with Crippen LogP contribution in [-0.4, -0.2) is 20.3 Å². The summed E-state index contributed by atoms with van der Waals surface area (Å²) in [6.45, 7) is 1.93. The molecule has 5 nitrogen and oxygen atoms in total. The van der Waals surface area contributed by atoms with Gasteiger partial charge in [-0.3, -0.25) is 9.78 Å². The van der Waals surface area contributed by atoms with Crippen molar-refractivity contribution in [2.45, 2.75) is 13.0 Å². The average molecular weight is 342 g/mol. The third-order valence-electron chi connectivity index (χ3n) is 4.23. The molecule has 0 aliphatic heterocycles. The molecule has 4 rings (SSSR count). The molecule has 1 amide bonds. The summed E-state index contributed by atoms with van der Waals surface area (Å²) in [6, 6.07) is 18.9. The summed E-state index contributed by atoms with van der Waals surface area (Å²) in [5, 5.41) is 3.10. The van der Waals surface area contributed by atoms with Gasteiger partial charge in [-0.05, 0) is 36.8 Å². The molecule has 0 aliphatic rings. The van der Waals surface area contributed by atoms with Crippen LogP contribution in [0.4, 0.5) is 0 Å². The zero-order valence-corrected chi connectivity index (χ0v) is 14.3. The Morgan fingerprint density at radius 3 is 2.58 bits per heavy atom. The van der Waals surface area contributed by atoms with Gasteiger partial charge in [0.15, 0.2) is 0 Å². The summed E-state index contributed by atoms with van der Waals surface area (Å²) in [4.78, 5) is 21.7. The van der Waals surface area contributed by atoms with Crippen LogP contribution in [0.15, 0.2) is 79.3 Å². The number of hydrogen-bond donors (Lipinski definition) is 1. The van der Waals surface area contributed by atoms with Crippen molar-refractivity contribution in [3.63, 3.8) is 0 Å². The lowest BCUT2D eigenvalue weighted by Gasteiger charge is -2.19. The Balaban J connectivity index is 1.67. The fourth-order valence-electron chi connectivity index (χ4n) is 2.99. The van der Waals surface area contributed by atoms with E-state index in [0.717, 1.165) is 22.6 Å². The number of aromatic nitrogens is 3. The summed E-state index contributed by atoms with van der Waals surface area (Å²) in [6.07, 6.45) is 5.43. The molecule has 0 spiro atoms. The molecule has 1 aromatic carbocycles. The summed E-state index contributed by atoms with van der Waals surface area (Å²) in [7, 11) is 0. The maximum atomic E-state index is 12.9. The van der Waals surface area contributed by atoms with Crippen LogP contribution >= 0.6 is 0 Å². The number of aryl methyl sites for hydroxylation is 1. The molecule has 3 heterocycles. The highest BCUT2D eigenvalue weighted by Crippen LogP contribution is 2.20. The lowest BCUT2D eigenvalue weighted by Crippen LogP contribution is -2.30. The largest absolute Gasteiger partial charge is 0.339 e. The first kappa shape index (κ1) is 16.0. The van der Waals surface area contributed by atoms with E-state index in [1.54, 1.807) is 18.5 Å². The van der Waals surface area contributed by atoms with Gasteiger partial charge in [-0.25, -0.2) is 4.98 Å². The summed E-state index contributed by atoms with van der Waals surface area (Å²) in [5.41, 5.74) is 4.10. The van der Waals surface area contributed by atoms with Crippen molar-refractivity contribution in [2.75, 3.05) is 0 Å².